The second-order valence-corrected chi connectivity index (χ2v) is 12.2. The van der Waals surface area contributed by atoms with E-state index in [4.69, 9.17) is 4.74 Å². The van der Waals surface area contributed by atoms with Crippen molar-refractivity contribution < 1.29 is 22.7 Å². The molecule has 1 aromatic heterocycles. The predicted molar refractivity (Wildman–Crippen MR) is 142 cm³/mol. The number of carbonyl (C=O) groups is 1. The van der Waals surface area contributed by atoms with Crippen LogP contribution in [-0.4, -0.2) is 51.9 Å². The standard InChI is InChI=1S/C30H32F3N5O2/c1-19(37-9-8-28(15-37)6-7-28)20-10-23-24(25(11-20)30(31,32)33)14-38(27(23)39)22-5-3-4-21(12-22)29(16-40-17-29)13-26-35-34-18-36(26)2/h3-5,10-12,18-19H,6-9,13-17H2,1-2H3. The van der Waals surface area contributed by atoms with E-state index in [1.165, 1.54) is 23.8 Å². The zero-order valence-electron chi connectivity index (χ0n) is 22.7. The highest BCUT2D eigenvalue weighted by Gasteiger charge is 2.49. The molecule has 2 saturated heterocycles. The number of alkyl halides is 3. The maximum absolute atomic E-state index is 14.4. The molecule has 4 heterocycles. The van der Waals surface area contributed by atoms with Gasteiger partial charge in [-0.25, -0.2) is 0 Å². The van der Waals surface area contributed by atoms with Gasteiger partial charge in [0.25, 0.3) is 5.91 Å². The van der Waals surface area contributed by atoms with Crippen molar-refractivity contribution in [2.75, 3.05) is 31.2 Å². The van der Waals surface area contributed by atoms with Gasteiger partial charge >= 0.3 is 6.18 Å². The number of rotatable bonds is 6. The predicted octanol–water partition coefficient (Wildman–Crippen LogP) is 5.05. The minimum absolute atomic E-state index is 0.0553. The van der Waals surface area contributed by atoms with Crippen molar-refractivity contribution in [2.45, 2.75) is 56.8 Å². The Labute approximate surface area is 230 Å². The lowest BCUT2D eigenvalue weighted by Crippen LogP contribution is -2.49. The molecule has 1 unspecified atom stereocenters. The van der Waals surface area contributed by atoms with Crippen LogP contribution >= 0.6 is 0 Å². The summed E-state index contributed by atoms with van der Waals surface area (Å²) in [6.45, 7) is 4.64. The van der Waals surface area contributed by atoms with Crippen LogP contribution in [0.2, 0.25) is 0 Å². The van der Waals surface area contributed by atoms with Crippen LogP contribution in [0.15, 0.2) is 42.7 Å². The van der Waals surface area contributed by atoms with Crippen molar-refractivity contribution in [3.63, 3.8) is 0 Å². The number of fused-ring (bicyclic) bond motifs is 1. The van der Waals surface area contributed by atoms with Gasteiger partial charge in [0, 0.05) is 42.7 Å². The number of ether oxygens (including phenoxy) is 1. The highest BCUT2D eigenvalue weighted by molar-refractivity contribution is 6.10. The first kappa shape index (κ1) is 25.7. The molecule has 210 valence electrons. The molecule has 40 heavy (non-hydrogen) atoms. The highest BCUT2D eigenvalue weighted by Crippen LogP contribution is 2.54. The SMILES string of the molecule is CC(c1cc2c(c(C(F)(F)F)c1)CN(c1cccc(C3(Cc4nncn4C)COC3)c1)C2=O)N1CCC2(CC2)C1. The third-order valence-electron chi connectivity index (χ3n) is 9.65. The minimum atomic E-state index is -4.55. The summed E-state index contributed by atoms with van der Waals surface area (Å²) in [7, 11) is 1.89. The van der Waals surface area contributed by atoms with E-state index in [1.54, 1.807) is 18.5 Å². The second-order valence-electron chi connectivity index (χ2n) is 12.2. The topological polar surface area (TPSA) is 63.5 Å². The van der Waals surface area contributed by atoms with Crippen LogP contribution in [-0.2, 0) is 36.3 Å². The molecule has 4 aliphatic rings. The molecule has 1 spiro atoms. The molecule has 3 fully saturated rings. The Bertz CT molecular complexity index is 1490. The summed E-state index contributed by atoms with van der Waals surface area (Å²) in [6, 6.07) is 10.3. The summed E-state index contributed by atoms with van der Waals surface area (Å²) in [5.74, 6) is 0.430. The second kappa shape index (κ2) is 8.88. The summed E-state index contributed by atoms with van der Waals surface area (Å²) in [6.07, 6.45) is 1.21. The Balaban J connectivity index is 1.21. The molecule has 10 heteroatoms. The monoisotopic (exact) mass is 551 g/mol. The first-order valence-electron chi connectivity index (χ1n) is 13.9. The van der Waals surface area contributed by atoms with E-state index >= 15 is 0 Å². The molecule has 7 rings (SSSR count). The lowest BCUT2D eigenvalue weighted by molar-refractivity contribution is -0.138. The Hall–Kier alpha value is -3.24. The molecule has 1 atom stereocenters. The number of hydrogen-bond acceptors (Lipinski definition) is 5. The van der Waals surface area contributed by atoms with Gasteiger partial charge in [-0.15, -0.1) is 10.2 Å². The van der Waals surface area contributed by atoms with Gasteiger partial charge in [0.15, 0.2) is 0 Å². The third-order valence-corrected chi connectivity index (χ3v) is 9.65. The van der Waals surface area contributed by atoms with Crippen molar-refractivity contribution in [1.29, 1.82) is 0 Å². The first-order valence-corrected chi connectivity index (χ1v) is 13.9. The van der Waals surface area contributed by atoms with Gasteiger partial charge in [0.1, 0.15) is 12.2 Å². The molecule has 1 saturated carbocycles. The zero-order valence-corrected chi connectivity index (χ0v) is 22.7. The number of likely N-dealkylation sites (tertiary alicyclic amines) is 1. The number of hydrogen-bond donors (Lipinski definition) is 0. The number of halogens is 3. The largest absolute Gasteiger partial charge is 0.416 e. The van der Waals surface area contributed by atoms with Crippen LogP contribution in [0.1, 0.15) is 70.7 Å². The van der Waals surface area contributed by atoms with Crippen molar-refractivity contribution in [2.24, 2.45) is 12.5 Å². The van der Waals surface area contributed by atoms with Gasteiger partial charge in [-0.2, -0.15) is 13.2 Å². The molecule has 0 bridgehead atoms. The molecule has 7 nitrogen and oxygen atoms in total. The van der Waals surface area contributed by atoms with Gasteiger partial charge < -0.3 is 14.2 Å². The van der Waals surface area contributed by atoms with Crippen molar-refractivity contribution in [1.82, 2.24) is 19.7 Å². The van der Waals surface area contributed by atoms with Crippen LogP contribution in [0.5, 0.6) is 0 Å². The summed E-state index contributed by atoms with van der Waals surface area (Å²) < 4.78 is 50.6. The molecule has 0 N–H and O–H groups in total. The summed E-state index contributed by atoms with van der Waals surface area (Å²) in [5.41, 5.74) is 1.65. The Kier molecular flexibility index (Phi) is 5.71. The Morgan fingerprint density at radius 3 is 2.55 bits per heavy atom. The summed E-state index contributed by atoms with van der Waals surface area (Å²) in [5, 5.41) is 8.20. The lowest BCUT2D eigenvalue weighted by atomic mass is 9.75. The molecule has 2 aromatic carbocycles. The van der Waals surface area contributed by atoms with Gasteiger partial charge in [-0.1, -0.05) is 12.1 Å². The highest BCUT2D eigenvalue weighted by atomic mass is 19.4. The number of anilines is 1. The van der Waals surface area contributed by atoms with E-state index in [0.29, 0.717) is 36.3 Å². The van der Waals surface area contributed by atoms with Crippen LogP contribution in [0.4, 0.5) is 18.9 Å². The molecular formula is C30H32F3N5O2. The Morgan fingerprint density at radius 2 is 1.93 bits per heavy atom. The van der Waals surface area contributed by atoms with Crippen LogP contribution in [0.25, 0.3) is 0 Å². The number of aryl methyl sites for hydroxylation is 1. The van der Waals surface area contributed by atoms with E-state index in [1.807, 2.05) is 36.7 Å². The molecule has 1 aliphatic carbocycles. The number of amides is 1. The molecule has 1 amide bonds. The smallest absolute Gasteiger partial charge is 0.379 e. The van der Waals surface area contributed by atoms with E-state index in [9.17, 15) is 18.0 Å². The number of benzene rings is 2. The molecular weight excluding hydrogens is 519 g/mol. The minimum Gasteiger partial charge on any atom is -0.379 e. The van der Waals surface area contributed by atoms with Crippen LogP contribution in [0, 0.1) is 5.41 Å². The molecule has 3 aliphatic heterocycles. The van der Waals surface area contributed by atoms with Crippen molar-refractivity contribution in [3.8, 4) is 0 Å². The number of carbonyl (C=O) groups excluding carboxylic acids is 1. The van der Waals surface area contributed by atoms with Crippen LogP contribution in [0.3, 0.4) is 0 Å². The zero-order chi connectivity index (χ0) is 27.9. The van der Waals surface area contributed by atoms with Gasteiger partial charge in [0.2, 0.25) is 0 Å². The van der Waals surface area contributed by atoms with Gasteiger partial charge in [-0.3, -0.25) is 9.69 Å². The van der Waals surface area contributed by atoms with E-state index < -0.39 is 11.7 Å². The van der Waals surface area contributed by atoms with Crippen LogP contribution < -0.4 is 4.90 Å². The van der Waals surface area contributed by atoms with Crippen molar-refractivity contribution >= 4 is 11.6 Å². The van der Waals surface area contributed by atoms with Gasteiger partial charge in [-0.05, 0) is 79.1 Å². The Morgan fingerprint density at radius 1 is 1.12 bits per heavy atom. The maximum Gasteiger partial charge on any atom is 0.416 e. The van der Waals surface area contributed by atoms with E-state index in [-0.39, 0.29) is 35.0 Å². The molecule has 0 radical (unpaired) electrons. The fourth-order valence-electron chi connectivity index (χ4n) is 6.72. The normalized spacial score (nSPS) is 22.0. The van der Waals surface area contributed by atoms with E-state index in [0.717, 1.165) is 30.9 Å². The van der Waals surface area contributed by atoms with E-state index in [2.05, 4.69) is 15.1 Å². The third kappa shape index (κ3) is 4.15. The number of aromatic nitrogens is 3. The van der Waals surface area contributed by atoms with Gasteiger partial charge in [0.05, 0.1) is 25.3 Å². The number of nitrogens with zero attached hydrogens (tertiary/aromatic N) is 5. The maximum atomic E-state index is 14.4. The average Bonchev–Trinajstić information content (AvgIpc) is 3.17. The fraction of sp³-hybridized carbons (Fsp3) is 0.500. The lowest BCUT2D eigenvalue weighted by Gasteiger charge is -2.42. The fourth-order valence-corrected chi connectivity index (χ4v) is 6.72. The average molecular weight is 552 g/mol. The van der Waals surface area contributed by atoms with Crippen molar-refractivity contribution in [3.05, 3.63) is 76.4 Å². The summed E-state index contributed by atoms with van der Waals surface area (Å²) in [4.78, 5) is 17.5. The first-order chi connectivity index (χ1) is 19.1. The molecule has 3 aromatic rings. The quantitative estimate of drug-likeness (QED) is 0.429. The summed E-state index contributed by atoms with van der Waals surface area (Å²) >= 11 is 0.